The van der Waals surface area contributed by atoms with Crippen molar-refractivity contribution in [2.45, 2.75) is 19.4 Å². The summed E-state index contributed by atoms with van der Waals surface area (Å²) in [7, 11) is 3.43. The van der Waals surface area contributed by atoms with Gasteiger partial charge in [-0.3, -0.25) is 0 Å². The summed E-state index contributed by atoms with van der Waals surface area (Å²) in [6.45, 7) is 2.68. The minimum Gasteiger partial charge on any atom is -0.384 e. The molecule has 0 aliphatic carbocycles. The topological polar surface area (TPSA) is 21.3 Å². The SMILES string of the molecule is CNC(CC(C)COC)c1cc(F)cc(F)c1. The highest BCUT2D eigenvalue weighted by Crippen LogP contribution is 2.22. The van der Waals surface area contributed by atoms with E-state index in [-0.39, 0.29) is 6.04 Å². The maximum absolute atomic E-state index is 13.1. The first kappa shape index (κ1) is 14.1. The van der Waals surface area contributed by atoms with Crippen LogP contribution < -0.4 is 5.32 Å². The molecule has 1 aromatic carbocycles. The standard InChI is InChI=1S/C13H19F2NO/c1-9(8-17-3)4-13(16-2)10-5-11(14)7-12(15)6-10/h5-7,9,13,16H,4,8H2,1-3H3. The van der Waals surface area contributed by atoms with Crippen LogP contribution in [0.3, 0.4) is 0 Å². The summed E-state index contributed by atoms with van der Waals surface area (Å²) in [4.78, 5) is 0. The molecule has 0 saturated heterocycles. The van der Waals surface area contributed by atoms with Gasteiger partial charge in [0.2, 0.25) is 0 Å². The van der Waals surface area contributed by atoms with Crippen LogP contribution in [0.2, 0.25) is 0 Å². The minimum atomic E-state index is -0.542. The fraction of sp³-hybridized carbons (Fsp3) is 0.538. The number of hydrogen-bond acceptors (Lipinski definition) is 2. The van der Waals surface area contributed by atoms with E-state index in [2.05, 4.69) is 5.32 Å². The van der Waals surface area contributed by atoms with Crippen molar-refractivity contribution in [3.8, 4) is 0 Å². The van der Waals surface area contributed by atoms with Crippen molar-refractivity contribution >= 4 is 0 Å². The van der Waals surface area contributed by atoms with E-state index in [1.54, 1.807) is 14.2 Å². The molecule has 0 aromatic heterocycles. The summed E-state index contributed by atoms with van der Waals surface area (Å²) in [6.07, 6.45) is 0.771. The zero-order valence-electron chi connectivity index (χ0n) is 10.5. The van der Waals surface area contributed by atoms with Crippen molar-refractivity contribution in [1.29, 1.82) is 0 Å². The van der Waals surface area contributed by atoms with Crippen molar-refractivity contribution in [3.63, 3.8) is 0 Å². The van der Waals surface area contributed by atoms with Gasteiger partial charge in [0.1, 0.15) is 11.6 Å². The third-order valence-corrected chi connectivity index (χ3v) is 2.72. The molecule has 1 N–H and O–H groups in total. The Kier molecular flexibility index (Phi) is 5.51. The Balaban J connectivity index is 2.78. The number of benzene rings is 1. The summed E-state index contributed by atoms with van der Waals surface area (Å²) in [5, 5.41) is 3.07. The first-order chi connectivity index (χ1) is 8.06. The van der Waals surface area contributed by atoms with Crippen LogP contribution in [-0.4, -0.2) is 20.8 Å². The van der Waals surface area contributed by atoms with Gasteiger partial charge in [0, 0.05) is 25.8 Å². The predicted molar refractivity (Wildman–Crippen MR) is 63.8 cm³/mol. The van der Waals surface area contributed by atoms with Crippen LogP contribution in [0.5, 0.6) is 0 Å². The highest BCUT2D eigenvalue weighted by molar-refractivity contribution is 5.21. The smallest absolute Gasteiger partial charge is 0.126 e. The summed E-state index contributed by atoms with van der Waals surface area (Å²) in [5.41, 5.74) is 0.632. The molecule has 2 atom stereocenters. The van der Waals surface area contributed by atoms with E-state index in [1.165, 1.54) is 12.1 Å². The van der Waals surface area contributed by atoms with Crippen LogP contribution >= 0.6 is 0 Å². The summed E-state index contributed by atoms with van der Waals surface area (Å²) in [5.74, 6) is -0.761. The molecule has 0 radical (unpaired) electrons. The van der Waals surface area contributed by atoms with Crippen LogP contribution in [0.4, 0.5) is 8.78 Å². The highest BCUT2D eigenvalue weighted by Gasteiger charge is 2.15. The van der Waals surface area contributed by atoms with E-state index in [0.29, 0.717) is 18.1 Å². The molecule has 0 aliphatic heterocycles. The molecule has 0 aliphatic rings. The number of nitrogens with one attached hydrogen (secondary N) is 1. The third-order valence-electron chi connectivity index (χ3n) is 2.72. The van der Waals surface area contributed by atoms with Crippen LogP contribution in [0.25, 0.3) is 0 Å². The van der Waals surface area contributed by atoms with Gasteiger partial charge < -0.3 is 10.1 Å². The number of halogens is 2. The number of methoxy groups -OCH3 is 1. The molecule has 1 aromatic rings. The maximum atomic E-state index is 13.1. The lowest BCUT2D eigenvalue weighted by Crippen LogP contribution is -2.21. The van der Waals surface area contributed by atoms with E-state index in [4.69, 9.17) is 4.74 Å². The van der Waals surface area contributed by atoms with Gasteiger partial charge in [0.05, 0.1) is 0 Å². The molecule has 2 unspecified atom stereocenters. The molecule has 4 heteroatoms. The lowest BCUT2D eigenvalue weighted by Gasteiger charge is -2.20. The zero-order valence-corrected chi connectivity index (χ0v) is 10.5. The van der Waals surface area contributed by atoms with Gasteiger partial charge in [-0.15, -0.1) is 0 Å². The molecule has 17 heavy (non-hydrogen) atoms. The van der Waals surface area contributed by atoms with E-state index in [0.717, 1.165) is 12.5 Å². The van der Waals surface area contributed by atoms with E-state index in [1.807, 2.05) is 6.92 Å². The molecule has 2 nitrogen and oxygen atoms in total. The van der Waals surface area contributed by atoms with E-state index in [9.17, 15) is 8.78 Å². The van der Waals surface area contributed by atoms with Crippen LogP contribution in [-0.2, 0) is 4.74 Å². The molecular weight excluding hydrogens is 224 g/mol. The predicted octanol–water partition coefficient (Wildman–Crippen LogP) is 2.90. The Morgan fingerprint density at radius 1 is 1.24 bits per heavy atom. The molecule has 0 heterocycles. The largest absolute Gasteiger partial charge is 0.384 e. The Morgan fingerprint density at radius 3 is 2.29 bits per heavy atom. The minimum absolute atomic E-state index is 0.0645. The van der Waals surface area contributed by atoms with Gasteiger partial charge in [-0.05, 0) is 37.1 Å². The normalized spacial score (nSPS) is 14.6. The van der Waals surface area contributed by atoms with Crippen LogP contribution in [0, 0.1) is 17.6 Å². The Bertz CT molecular complexity index is 337. The maximum Gasteiger partial charge on any atom is 0.126 e. The molecule has 1 rings (SSSR count). The van der Waals surface area contributed by atoms with Gasteiger partial charge >= 0.3 is 0 Å². The van der Waals surface area contributed by atoms with Gasteiger partial charge in [-0.2, -0.15) is 0 Å². The Labute approximate surface area is 101 Å². The van der Waals surface area contributed by atoms with Crippen LogP contribution in [0.15, 0.2) is 18.2 Å². The second kappa shape index (κ2) is 6.67. The zero-order chi connectivity index (χ0) is 12.8. The molecule has 0 amide bonds. The Morgan fingerprint density at radius 2 is 1.82 bits per heavy atom. The molecule has 0 fully saturated rings. The first-order valence-electron chi connectivity index (χ1n) is 5.69. The summed E-state index contributed by atoms with van der Waals surface area (Å²) in [6, 6.07) is 3.55. The van der Waals surface area contributed by atoms with Gasteiger partial charge in [-0.25, -0.2) is 8.78 Å². The molecular formula is C13H19F2NO. The Hall–Kier alpha value is -1.00. The number of ether oxygens (including phenoxy) is 1. The van der Waals surface area contributed by atoms with Crippen molar-refractivity contribution < 1.29 is 13.5 Å². The molecule has 0 saturated carbocycles. The summed E-state index contributed by atoms with van der Waals surface area (Å²) < 4.78 is 31.3. The van der Waals surface area contributed by atoms with Gasteiger partial charge in [0.15, 0.2) is 0 Å². The highest BCUT2D eigenvalue weighted by atomic mass is 19.1. The monoisotopic (exact) mass is 243 g/mol. The summed E-state index contributed by atoms with van der Waals surface area (Å²) >= 11 is 0. The fourth-order valence-electron chi connectivity index (χ4n) is 1.95. The van der Waals surface area contributed by atoms with E-state index < -0.39 is 11.6 Å². The third kappa shape index (κ3) is 4.40. The van der Waals surface area contributed by atoms with Crippen molar-refractivity contribution in [1.82, 2.24) is 5.32 Å². The molecule has 96 valence electrons. The average Bonchev–Trinajstić information content (AvgIpc) is 2.24. The van der Waals surface area contributed by atoms with E-state index >= 15 is 0 Å². The first-order valence-corrected chi connectivity index (χ1v) is 5.69. The lowest BCUT2D eigenvalue weighted by molar-refractivity contribution is 0.150. The lowest BCUT2D eigenvalue weighted by atomic mass is 9.96. The second-order valence-corrected chi connectivity index (χ2v) is 4.34. The van der Waals surface area contributed by atoms with Crippen molar-refractivity contribution in [2.75, 3.05) is 20.8 Å². The number of rotatable bonds is 6. The average molecular weight is 243 g/mol. The fourth-order valence-corrected chi connectivity index (χ4v) is 1.95. The van der Waals surface area contributed by atoms with Crippen molar-refractivity contribution in [2.24, 2.45) is 5.92 Å². The second-order valence-electron chi connectivity index (χ2n) is 4.34. The quantitative estimate of drug-likeness (QED) is 0.829. The van der Waals surface area contributed by atoms with Crippen LogP contribution in [0.1, 0.15) is 24.9 Å². The van der Waals surface area contributed by atoms with Crippen molar-refractivity contribution in [3.05, 3.63) is 35.4 Å². The molecule has 0 spiro atoms. The number of hydrogen-bond donors (Lipinski definition) is 1. The van der Waals surface area contributed by atoms with Gasteiger partial charge in [-0.1, -0.05) is 6.92 Å². The van der Waals surface area contributed by atoms with Gasteiger partial charge in [0.25, 0.3) is 0 Å². The molecule has 0 bridgehead atoms.